The molecule has 0 bridgehead atoms. The summed E-state index contributed by atoms with van der Waals surface area (Å²) in [6.07, 6.45) is 6.22. The molecule has 0 spiro atoms. The molecule has 21 heavy (non-hydrogen) atoms. The molecule has 0 atom stereocenters. The number of pyridine rings is 1. The van der Waals surface area contributed by atoms with E-state index in [0.29, 0.717) is 6.54 Å². The van der Waals surface area contributed by atoms with Gasteiger partial charge in [-0.2, -0.15) is 0 Å². The summed E-state index contributed by atoms with van der Waals surface area (Å²) in [5, 5.41) is 3.79. The monoisotopic (exact) mass is 303 g/mol. The number of nitrogens with one attached hydrogen (secondary N) is 1. The summed E-state index contributed by atoms with van der Waals surface area (Å²) in [4.78, 5) is 29.4. The van der Waals surface area contributed by atoms with Gasteiger partial charge in [-0.1, -0.05) is 6.07 Å². The van der Waals surface area contributed by atoms with E-state index >= 15 is 0 Å². The quantitative estimate of drug-likeness (QED) is 0.931. The number of hydrogen-bond acceptors (Lipinski definition) is 4. The summed E-state index contributed by atoms with van der Waals surface area (Å²) in [5.41, 5.74) is 1.03. The van der Waals surface area contributed by atoms with Crippen molar-refractivity contribution in [2.45, 2.75) is 38.8 Å². The Bertz CT molecular complexity index is 681. The molecule has 1 N–H and O–H groups in total. The summed E-state index contributed by atoms with van der Waals surface area (Å²) < 4.78 is 1.39. The lowest BCUT2D eigenvalue weighted by Crippen LogP contribution is -2.31. The minimum absolute atomic E-state index is 0.0464. The van der Waals surface area contributed by atoms with Crippen LogP contribution in [0.5, 0.6) is 0 Å². The first-order valence-electron chi connectivity index (χ1n) is 7.12. The molecular weight excluding hydrogens is 286 g/mol. The number of nitrogens with zero attached hydrogens (tertiary/aromatic N) is 2. The lowest BCUT2D eigenvalue weighted by molar-refractivity contribution is -0.121. The maximum absolute atomic E-state index is 11.9. The molecule has 2 aromatic heterocycles. The van der Waals surface area contributed by atoms with Crippen LogP contribution in [0.4, 0.5) is 0 Å². The van der Waals surface area contributed by atoms with E-state index in [4.69, 9.17) is 0 Å². The van der Waals surface area contributed by atoms with Gasteiger partial charge in [-0.15, -0.1) is 11.3 Å². The second kappa shape index (κ2) is 6.22. The van der Waals surface area contributed by atoms with E-state index in [0.717, 1.165) is 17.8 Å². The molecule has 0 saturated heterocycles. The SMILES string of the molecule is O=C(Cn1ccccc1=O)NCc1nc2c(s1)CCCC2. The van der Waals surface area contributed by atoms with E-state index < -0.39 is 0 Å². The second-order valence-corrected chi connectivity index (χ2v) is 6.30. The highest BCUT2D eigenvalue weighted by atomic mass is 32.1. The molecule has 1 aliphatic carbocycles. The van der Waals surface area contributed by atoms with E-state index in [1.165, 1.54) is 34.0 Å². The van der Waals surface area contributed by atoms with Crippen LogP contribution in [0.15, 0.2) is 29.2 Å². The molecule has 1 amide bonds. The van der Waals surface area contributed by atoms with Gasteiger partial charge < -0.3 is 9.88 Å². The summed E-state index contributed by atoms with van der Waals surface area (Å²) >= 11 is 1.69. The molecule has 5 nitrogen and oxygen atoms in total. The number of aryl methyl sites for hydroxylation is 2. The third kappa shape index (κ3) is 3.39. The van der Waals surface area contributed by atoms with Crippen LogP contribution in [-0.2, 0) is 30.7 Å². The topological polar surface area (TPSA) is 64.0 Å². The molecule has 0 fully saturated rings. The summed E-state index contributed by atoms with van der Waals surface area (Å²) in [6, 6.07) is 4.85. The molecule has 3 rings (SSSR count). The maximum Gasteiger partial charge on any atom is 0.250 e. The van der Waals surface area contributed by atoms with Gasteiger partial charge in [0.2, 0.25) is 5.91 Å². The molecule has 2 aromatic rings. The van der Waals surface area contributed by atoms with Crippen molar-refractivity contribution in [3.8, 4) is 0 Å². The lowest BCUT2D eigenvalue weighted by Gasteiger charge is -2.06. The number of aromatic nitrogens is 2. The van der Waals surface area contributed by atoms with Gasteiger partial charge in [0.1, 0.15) is 11.6 Å². The minimum atomic E-state index is -0.170. The normalized spacial score (nSPS) is 13.7. The number of rotatable bonds is 4. The Kier molecular flexibility index (Phi) is 4.15. The van der Waals surface area contributed by atoms with Gasteiger partial charge in [0, 0.05) is 17.1 Å². The van der Waals surface area contributed by atoms with Crippen molar-refractivity contribution in [1.82, 2.24) is 14.9 Å². The maximum atomic E-state index is 11.9. The number of fused-ring (bicyclic) bond motifs is 1. The zero-order valence-electron chi connectivity index (χ0n) is 11.7. The van der Waals surface area contributed by atoms with E-state index in [9.17, 15) is 9.59 Å². The van der Waals surface area contributed by atoms with Crippen LogP contribution in [0.2, 0.25) is 0 Å². The van der Waals surface area contributed by atoms with E-state index in [1.807, 2.05) is 0 Å². The van der Waals surface area contributed by atoms with Gasteiger partial charge in [0.05, 0.1) is 12.2 Å². The Labute approximate surface area is 126 Å². The molecule has 0 aromatic carbocycles. The Morgan fingerprint density at radius 1 is 1.33 bits per heavy atom. The highest BCUT2D eigenvalue weighted by molar-refractivity contribution is 7.11. The van der Waals surface area contributed by atoms with Gasteiger partial charge in [-0.25, -0.2) is 4.98 Å². The Hall–Kier alpha value is -1.95. The van der Waals surface area contributed by atoms with Gasteiger partial charge in [-0.3, -0.25) is 9.59 Å². The first-order chi connectivity index (χ1) is 10.2. The number of hydrogen-bond donors (Lipinski definition) is 1. The second-order valence-electron chi connectivity index (χ2n) is 5.13. The van der Waals surface area contributed by atoms with Crippen molar-refractivity contribution in [2.75, 3.05) is 0 Å². The number of thiazole rings is 1. The van der Waals surface area contributed by atoms with Crippen LogP contribution in [-0.4, -0.2) is 15.5 Å². The molecule has 2 heterocycles. The lowest BCUT2D eigenvalue weighted by atomic mass is 10.0. The van der Waals surface area contributed by atoms with Crippen molar-refractivity contribution in [3.63, 3.8) is 0 Å². The summed E-state index contributed by atoms with van der Waals surface area (Å²) in [6.45, 7) is 0.489. The van der Waals surface area contributed by atoms with Gasteiger partial charge in [-0.05, 0) is 31.7 Å². The van der Waals surface area contributed by atoms with Crippen molar-refractivity contribution in [1.29, 1.82) is 0 Å². The molecule has 0 aliphatic heterocycles. The number of carbonyl (C=O) groups excluding carboxylic acids is 1. The highest BCUT2D eigenvalue weighted by Crippen LogP contribution is 2.26. The van der Waals surface area contributed by atoms with E-state index in [1.54, 1.807) is 29.7 Å². The van der Waals surface area contributed by atoms with Crippen LogP contribution >= 0.6 is 11.3 Å². The molecular formula is C15H17N3O2S. The molecule has 0 saturated carbocycles. The fourth-order valence-corrected chi connectivity index (χ4v) is 3.55. The average Bonchev–Trinajstić information content (AvgIpc) is 2.90. The minimum Gasteiger partial charge on any atom is -0.348 e. The zero-order valence-corrected chi connectivity index (χ0v) is 12.5. The van der Waals surface area contributed by atoms with Crippen LogP contribution in [0, 0.1) is 0 Å². The zero-order chi connectivity index (χ0) is 14.7. The van der Waals surface area contributed by atoms with Crippen LogP contribution in [0.25, 0.3) is 0 Å². The van der Waals surface area contributed by atoms with Crippen LogP contribution in [0.1, 0.15) is 28.4 Å². The van der Waals surface area contributed by atoms with Gasteiger partial charge in [0.15, 0.2) is 0 Å². The first kappa shape index (κ1) is 14.0. The van der Waals surface area contributed by atoms with Crippen molar-refractivity contribution < 1.29 is 4.79 Å². The Morgan fingerprint density at radius 3 is 3.00 bits per heavy atom. The summed E-state index contributed by atoms with van der Waals surface area (Å²) in [5.74, 6) is -0.170. The smallest absolute Gasteiger partial charge is 0.250 e. The molecule has 1 aliphatic rings. The van der Waals surface area contributed by atoms with E-state index in [-0.39, 0.29) is 18.0 Å². The van der Waals surface area contributed by atoms with Crippen LogP contribution < -0.4 is 10.9 Å². The molecule has 6 heteroatoms. The predicted molar refractivity (Wildman–Crippen MR) is 81.3 cm³/mol. The third-order valence-corrected chi connectivity index (χ3v) is 4.70. The highest BCUT2D eigenvalue weighted by Gasteiger charge is 2.15. The van der Waals surface area contributed by atoms with Crippen molar-refractivity contribution in [2.24, 2.45) is 0 Å². The largest absolute Gasteiger partial charge is 0.348 e. The Morgan fingerprint density at radius 2 is 2.19 bits per heavy atom. The van der Waals surface area contributed by atoms with Gasteiger partial charge >= 0.3 is 0 Å². The van der Waals surface area contributed by atoms with Gasteiger partial charge in [0.25, 0.3) is 5.56 Å². The molecule has 0 radical (unpaired) electrons. The number of amides is 1. The van der Waals surface area contributed by atoms with Crippen molar-refractivity contribution in [3.05, 3.63) is 50.3 Å². The fraction of sp³-hybridized carbons (Fsp3) is 0.400. The average molecular weight is 303 g/mol. The summed E-state index contributed by atoms with van der Waals surface area (Å²) in [7, 11) is 0. The van der Waals surface area contributed by atoms with Crippen molar-refractivity contribution >= 4 is 17.2 Å². The molecule has 0 unspecified atom stereocenters. The predicted octanol–water partition coefficient (Wildman–Crippen LogP) is 1.50. The molecule has 110 valence electrons. The third-order valence-electron chi connectivity index (χ3n) is 3.54. The Balaban J connectivity index is 1.57. The fourth-order valence-electron chi connectivity index (χ4n) is 2.46. The van der Waals surface area contributed by atoms with Crippen LogP contribution in [0.3, 0.4) is 0 Å². The standard InChI is InChI=1S/C15H17N3O2S/c19-13(10-18-8-4-3-7-15(18)20)16-9-14-17-11-5-1-2-6-12(11)21-14/h3-4,7-8H,1-2,5-6,9-10H2,(H,16,19). The first-order valence-corrected chi connectivity index (χ1v) is 7.93. The van der Waals surface area contributed by atoms with E-state index in [2.05, 4.69) is 10.3 Å². The number of carbonyl (C=O) groups is 1.